The molecule has 10 heteroatoms. The van der Waals surface area contributed by atoms with Crippen LogP contribution < -0.4 is 0 Å². The number of aromatic nitrogens is 2. The van der Waals surface area contributed by atoms with Gasteiger partial charge in [-0.05, 0) is 58.7 Å². The van der Waals surface area contributed by atoms with E-state index in [9.17, 15) is 22.8 Å². The lowest BCUT2D eigenvalue weighted by Crippen LogP contribution is -2.56. The average molecular weight is 690 g/mol. The van der Waals surface area contributed by atoms with Gasteiger partial charge in [0.2, 0.25) is 11.8 Å². The molecule has 6 rings (SSSR count). The monoisotopic (exact) mass is 689 g/mol. The summed E-state index contributed by atoms with van der Waals surface area (Å²) in [5, 5.41) is 0. The van der Waals surface area contributed by atoms with Crippen molar-refractivity contribution in [1.82, 2.24) is 24.7 Å². The van der Waals surface area contributed by atoms with Crippen molar-refractivity contribution in [3.8, 4) is 11.3 Å². The molecular weight excluding hydrogens is 651 g/mol. The average Bonchev–Trinajstić information content (AvgIpc) is 3.16. The zero-order chi connectivity index (χ0) is 35.6. The minimum atomic E-state index is -4.46. The van der Waals surface area contributed by atoms with Gasteiger partial charge in [-0.2, -0.15) is 13.2 Å². The lowest BCUT2D eigenvalue weighted by atomic mass is 10.0. The summed E-state index contributed by atoms with van der Waals surface area (Å²) in [7, 11) is 0. The molecule has 2 aromatic heterocycles. The molecule has 3 heterocycles. The molecule has 0 radical (unpaired) electrons. The summed E-state index contributed by atoms with van der Waals surface area (Å²) >= 11 is 0. The standard InChI is InChI=1S/C41H38F3N5O2/c42-41(43,44)36-15-11-31(12-16-36)14-18-39(50)49(30-34-13-17-37(46-28-34)35-19-21-45-22-20-35)38(27-32-7-3-1-4-8-32)40(51)48-25-23-47(24-26-48)29-33-9-5-2-6-10-33/h1-22,28,38H,23-27,29-30H2/b18-14+/t38-/m0/s1. The number of rotatable bonds is 11. The smallest absolute Gasteiger partial charge is 0.338 e. The summed E-state index contributed by atoms with van der Waals surface area (Å²) in [6.07, 6.45) is 3.70. The second-order valence-electron chi connectivity index (χ2n) is 12.5. The Morgan fingerprint density at radius 3 is 2.02 bits per heavy atom. The van der Waals surface area contributed by atoms with E-state index in [1.54, 1.807) is 23.5 Å². The summed E-state index contributed by atoms with van der Waals surface area (Å²) in [6, 6.07) is 31.0. The predicted octanol–water partition coefficient (Wildman–Crippen LogP) is 7.16. The van der Waals surface area contributed by atoms with E-state index in [1.165, 1.54) is 29.8 Å². The van der Waals surface area contributed by atoms with Crippen LogP contribution in [0.3, 0.4) is 0 Å². The summed E-state index contributed by atoms with van der Waals surface area (Å²) in [6.45, 7) is 3.31. The third kappa shape index (κ3) is 9.55. The highest BCUT2D eigenvalue weighted by Gasteiger charge is 2.34. The maximum Gasteiger partial charge on any atom is 0.416 e. The van der Waals surface area contributed by atoms with Crippen LogP contribution in [-0.4, -0.2) is 68.7 Å². The molecule has 1 atom stereocenters. The molecule has 0 N–H and O–H groups in total. The summed E-state index contributed by atoms with van der Waals surface area (Å²) in [5.74, 6) is -0.596. The van der Waals surface area contributed by atoms with Crippen LogP contribution in [0.1, 0.15) is 27.8 Å². The highest BCUT2D eigenvalue weighted by Crippen LogP contribution is 2.29. The number of pyridine rings is 2. The number of carbonyl (C=O) groups is 2. The molecule has 0 spiro atoms. The van der Waals surface area contributed by atoms with Crippen molar-refractivity contribution < 1.29 is 22.8 Å². The van der Waals surface area contributed by atoms with Gasteiger partial charge in [0.1, 0.15) is 6.04 Å². The van der Waals surface area contributed by atoms with Gasteiger partial charge in [0, 0.05) is 75.9 Å². The first-order chi connectivity index (χ1) is 24.7. The molecule has 2 amide bonds. The predicted molar refractivity (Wildman–Crippen MR) is 191 cm³/mol. The van der Waals surface area contributed by atoms with Crippen LogP contribution in [0.25, 0.3) is 17.3 Å². The Labute approximate surface area is 295 Å². The molecule has 0 saturated carbocycles. The van der Waals surface area contributed by atoms with Crippen molar-refractivity contribution in [3.63, 3.8) is 0 Å². The lowest BCUT2D eigenvalue weighted by Gasteiger charge is -2.39. The first-order valence-corrected chi connectivity index (χ1v) is 16.8. The zero-order valence-corrected chi connectivity index (χ0v) is 28.0. The van der Waals surface area contributed by atoms with E-state index in [0.29, 0.717) is 31.7 Å². The van der Waals surface area contributed by atoms with Crippen molar-refractivity contribution in [2.45, 2.75) is 31.7 Å². The van der Waals surface area contributed by atoms with E-state index >= 15 is 0 Å². The molecule has 0 aliphatic carbocycles. The Morgan fingerprint density at radius 1 is 0.765 bits per heavy atom. The highest BCUT2D eigenvalue weighted by atomic mass is 19.4. The first-order valence-electron chi connectivity index (χ1n) is 16.8. The van der Waals surface area contributed by atoms with Crippen molar-refractivity contribution in [2.75, 3.05) is 26.2 Å². The molecule has 1 fully saturated rings. The number of carbonyl (C=O) groups excluding carboxylic acids is 2. The molecular formula is C41H38F3N5O2. The maximum atomic E-state index is 14.5. The van der Waals surface area contributed by atoms with Crippen LogP contribution >= 0.6 is 0 Å². The van der Waals surface area contributed by atoms with Crippen LogP contribution in [0.15, 0.2) is 134 Å². The number of nitrogens with zero attached hydrogens (tertiary/aromatic N) is 5. The molecule has 5 aromatic rings. The van der Waals surface area contributed by atoms with E-state index in [1.807, 2.05) is 77.7 Å². The van der Waals surface area contributed by atoms with Crippen LogP contribution in [0.2, 0.25) is 0 Å². The second kappa shape index (κ2) is 16.4. The minimum Gasteiger partial charge on any atom is -0.338 e. The molecule has 1 saturated heterocycles. The van der Waals surface area contributed by atoms with Crippen molar-refractivity contribution in [3.05, 3.63) is 162 Å². The molecule has 0 unspecified atom stereocenters. The van der Waals surface area contributed by atoms with Crippen molar-refractivity contribution >= 4 is 17.9 Å². The van der Waals surface area contributed by atoms with Crippen molar-refractivity contribution in [1.29, 1.82) is 0 Å². The second-order valence-corrected chi connectivity index (χ2v) is 12.5. The van der Waals surface area contributed by atoms with Crippen LogP contribution in [0.5, 0.6) is 0 Å². The van der Waals surface area contributed by atoms with E-state index in [4.69, 9.17) is 0 Å². The van der Waals surface area contributed by atoms with Gasteiger partial charge < -0.3 is 9.80 Å². The van der Waals surface area contributed by atoms with Crippen LogP contribution in [-0.2, 0) is 35.3 Å². The Balaban J connectivity index is 1.28. The number of hydrogen-bond donors (Lipinski definition) is 0. The highest BCUT2D eigenvalue weighted by molar-refractivity contribution is 5.95. The van der Waals surface area contributed by atoms with E-state index in [2.05, 4.69) is 27.0 Å². The molecule has 51 heavy (non-hydrogen) atoms. The molecule has 1 aliphatic heterocycles. The Hall–Kier alpha value is -5.61. The Morgan fingerprint density at radius 2 is 1.41 bits per heavy atom. The largest absolute Gasteiger partial charge is 0.416 e. The minimum absolute atomic E-state index is 0.0943. The fourth-order valence-electron chi connectivity index (χ4n) is 6.14. The Kier molecular flexibility index (Phi) is 11.3. The first kappa shape index (κ1) is 35.2. The SMILES string of the molecule is O=C([C@H](Cc1ccccc1)N(Cc1ccc(-c2ccncc2)nc1)C(=O)/C=C/c1ccc(C(F)(F)F)cc1)N1CCN(Cc2ccccc2)CC1. The number of benzene rings is 3. The summed E-state index contributed by atoms with van der Waals surface area (Å²) in [4.78, 5) is 43.1. The number of hydrogen-bond acceptors (Lipinski definition) is 5. The van der Waals surface area contributed by atoms with Gasteiger partial charge in [-0.3, -0.25) is 24.5 Å². The molecule has 0 bridgehead atoms. The molecule has 7 nitrogen and oxygen atoms in total. The van der Waals surface area contributed by atoms with Gasteiger partial charge in [-0.15, -0.1) is 0 Å². The van der Waals surface area contributed by atoms with Gasteiger partial charge >= 0.3 is 6.18 Å². The van der Waals surface area contributed by atoms with E-state index in [0.717, 1.165) is 41.1 Å². The van der Waals surface area contributed by atoms with Crippen LogP contribution in [0.4, 0.5) is 13.2 Å². The van der Waals surface area contributed by atoms with Crippen molar-refractivity contribution in [2.24, 2.45) is 0 Å². The fraction of sp³-hybridized carbons (Fsp3) is 0.220. The molecule has 3 aromatic carbocycles. The molecule has 260 valence electrons. The van der Waals surface area contributed by atoms with Gasteiger partial charge in [0.25, 0.3) is 0 Å². The normalized spacial score (nSPS) is 14.4. The van der Waals surface area contributed by atoms with Gasteiger partial charge in [-0.1, -0.05) is 78.9 Å². The topological polar surface area (TPSA) is 69.6 Å². The lowest BCUT2D eigenvalue weighted by molar-refractivity contribution is -0.145. The summed E-state index contributed by atoms with van der Waals surface area (Å²) in [5.41, 5.74) is 4.13. The van der Waals surface area contributed by atoms with Gasteiger partial charge in [-0.25, -0.2) is 0 Å². The summed E-state index contributed by atoms with van der Waals surface area (Å²) < 4.78 is 39.5. The van der Waals surface area contributed by atoms with Crippen LogP contribution in [0, 0.1) is 0 Å². The number of halogens is 3. The number of piperazine rings is 1. The maximum absolute atomic E-state index is 14.5. The Bertz CT molecular complexity index is 1900. The van der Waals surface area contributed by atoms with E-state index in [-0.39, 0.29) is 18.9 Å². The number of amides is 2. The van der Waals surface area contributed by atoms with Gasteiger partial charge in [0.05, 0.1) is 11.3 Å². The van der Waals surface area contributed by atoms with Gasteiger partial charge in [0.15, 0.2) is 0 Å². The third-order valence-corrected chi connectivity index (χ3v) is 8.96. The third-order valence-electron chi connectivity index (χ3n) is 8.96. The fourth-order valence-corrected chi connectivity index (χ4v) is 6.14. The number of alkyl halides is 3. The molecule has 1 aliphatic rings. The zero-order valence-electron chi connectivity index (χ0n) is 28.0. The quantitative estimate of drug-likeness (QED) is 0.138. The van der Waals surface area contributed by atoms with E-state index < -0.39 is 23.7 Å².